The lowest BCUT2D eigenvalue weighted by Gasteiger charge is -2.11. The van der Waals surface area contributed by atoms with E-state index in [1.807, 2.05) is 4.40 Å². The molecule has 0 amide bonds. The van der Waals surface area contributed by atoms with Gasteiger partial charge in [0.1, 0.15) is 15.9 Å². The maximum absolute atomic E-state index is 12.6. The number of halogens is 1. The molecule has 6 rings (SSSR count). The molecule has 1 aliphatic carbocycles. The highest BCUT2D eigenvalue weighted by Gasteiger charge is 2.25. The van der Waals surface area contributed by atoms with E-state index < -0.39 is 0 Å². The highest BCUT2D eigenvalue weighted by molar-refractivity contribution is 7.99. The number of thiophene rings is 1. The molecule has 0 aliphatic heterocycles. The van der Waals surface area contributed by atoms with Gasteiger partial charge >= 0.3 is 0 Å². The molecule has 1 aliphatic rings. The Hall–Kier alpha value is -2.55. The van der Waals surface area contributed by atoms with E-state index in [1.165, 1.54) is 40.4 Å². The minimum absolute atomic E-state index is 0.0201. The summed E-state index contributed by atoms with van der Waals surface area (Å²) in [5.74, 6) is 0.854. The van der Waals surface area contributed by atoms with Crippen LogP contribution in [0, 0.1) is 5.92 Å². The summed E-state index contributed by atoms with van der Waals surface area (Å²) in [6.45, 7) is 4.49. The first kappa shape index (κ1) is 21.9. The second-order valence-corrected chi connectivity index (χ2v) is 11.4. The Morgan fingerprint density at radius 3 is 2.76 bits per heavy atom. The van der Waals surface area contributed by atoms with Crippen LogP contribution in [0.4, 0.5) is 0 Å². The number of rotatable bonds is 6. The van der Waals surface area contributed by atoms with Crippen molar-refractivity contribution in [1.29, 1.82) is 0 Å². The maximum Gasteiger partial charge on any atom is 0.197 e. The van der Waals surface area contributed by atoms with Crippen LogP contribution in [0.25, 0.3) is 26.1 Å². The predicted molar refractivity (Wildman–Crippen MR) is 139 cm³/mol. The van der Waals surface area contributed by atoms with Crippen LogP contribution in [0.5, 0.6) is 0 Å². The summed E-state index contributed by atoms with van der Waals surface area (Å²) < 4.78 is 2.89. The molecule has 0 bridgehead atoms. The number of ketones is 1. The summed E-state index contributed by atoms with van der Waals surface area (Å²) in [6.07, 6.45) is 6.14. The van der Waals surface area contributed by atoms with Crippen molar-refractivity contribution in [3.8, 4) is 0 Å². The molecule has 6 nitrogen and oxygen atoms in total. The highest BCUT2D eigenvalue weighted by Crippen LogP contribution is 2.41. The lowest BCUT2D eigenvalue weighted by Crippen LogP contribution is -2.03. The quantitative estimate of drug-likeness (QED) is 0.201. The second kappa shape index (κ2) is 8.59. The van der Waals surface area contributed by atoms with Gasteiger partial charge in [-0.25, -0.2) is 9.97 Å². The van der Waals surface area contributed by atoms with Gasteiger partial charge < -0.3 is 0 Å². The van der Waals surface area contributed by atoms with E-state index in [-0.39, 0.29) is 11.5 Å². The van der Waals surface area contributed by atoms with Gasteiger partial charge in [-0.2, -0.15) is 0 Å². The number of thioether (sulfide) groups is 1. The van der Waals surface area contributed by atoms with Crippen LogP contribution in [0.1, 0.15) is 47.4 Å². The minimum Gasteiger partial charge on any atom is -0.293 e. The second-order valence-electron chi connectivity index (χ2n) is 9.07. The van der Waals surface area contributed by atoms with Crippen molar-refractivity contribution >= 4 is 66.6 Å². The third kappa shape index (κ3) is 3.68. The summed E-state index contributed by atoms with van der Waals surface area (Å²) >= 11 is 8.94. The molecule has 9 heteroatoms. The molecule has 0 fully saturated rings. The number of Topliss-reactive ketones (excluding diaryl/α,β-unsaturated/α-hetero) is 1. The molecule has 0 atom stereocenters. The number of carbonyl (C=O) groups excluding carboxylic acids is 1. The van der Waals surface area contributed by atoms with Crippen LogP contribution < -0.4 is 0 Å². The van der Waals surface area contributed by atoms with Gasteiger partial charge in [0.05, 0.1) is 11.3 Å². The normalized spacial score (nSPS) is 13.5. The van der Waals surface area contributed by atoms with Crippen molar-refractivity contribution < 1.29 is 4.79 Å². The largest absolute Gasteiger partial charge is 0.293 e. The Morgan fingerprint density at radius 1 is 1.18 bits per heavy atom. The number of pyridine rings is 1. The van der Waals surface area contributed by atoms with E-state index in [4.69, 9.17) is 21.6 Å². The van der Waals surface area contributed by atoms with Crippen molar-refractivity contribution in [2.45, 2.75) is 44.7 Å². The molecule has 0 saturated heterocycles. The van der Waals surface area contributed by atoms with Crippen LogP contribution in [-0.4, -0.2) is 36.1 Å². The Labute approximate surface area is 209 Å². The summed E-state index contributed by atoms with van der Waals surface area (Å²) in [5.41, 5.74) is 6.47. The van der Waals surface area contributed by atoms with Crippen LogP contribution in [0.15, 0.2) is 35.7 Å². The summed E-state index contributed by atoms with van der Waals surface area (Å²) in [4.78, 5) is 23.6. The van der Waals surface area contributed by atoms with Crippen LogP contribution >= 0.6 is 34.7 Å². The summed E-state index contributed by atoms with van der Waals surface area (Å²) in [6, 6.07) is 6.94. The van der Waals surface area contributed by atoms with Crippen molar-refractivity contribution in [3.63, 3.8) is 0 Å². The summed E-state index contributed by atoms with van der Waals surface area (Å²) in [5, 5.41) is 11.3. The van der Waals surface area contributed by atoms with E-state index in [2.05, 4.69) is 24.0 Å². The average molecular weight is 508 g/mol. The van der Waals surface area contributed by atoms with E-state index in [1.54, 1.807) is 41.9 Å². The molecule has 0 unspecified atom stereocenters. The van der Waals surface area contributed by atoms with Crippen molar-refractivity contribution in [2.75, 3.05) is 5.75 Å². The molecule has 1 aromatic carbocycles. The zero-order valence-corrected chi connectivity index (χ0v) is 21.2. The molecule has 5 aromatic rings. The van der Waals surface area contributed by atoms with Gasteiger partial charge in [-0.05, 0) is 67.0 Å². The Morgan fingerprint density at radius 2 is 1.97 bits per heavy atom. The Kier molecular flexibility index (Phi) is 5.54. The van der Waals surface area contributed by atoms with Gasteiger partial charge in [-0.15, -0.1) is 21.5 Å². The number of hydrogen-bond donors (Lipinski definition) is 0. The third-order valence-electron chi connectivity index (χ3n) is 6.24. The first-order valence-electron chi connectivity index (χ1n) is 11.4. The fourth-order valence-corrected chi connectivity index (χ4v) is 6.80. The number of nitrogens with zero attached hydrogens (tertiary/aromatic N) is 5. The molecular formula is C25H22ClN5OS2. The van der Waals surface area contributed by atoms with Crippen molar-refractivity contribution in [3.05, 3.63) is 58.0 Å². The molecule has 0 N–H and O–H groups in total. The van der Waals surface area contributed by atoms with Crippen LogP contribution in [0.2, 0.25) is 5.02 Å². The molecule has 34 heavy (non-hydrogen) atoms. The van der Waals surface area contributed by atoms with E-state index in [9.17, 15) is 4.79 Å². The number of carbonyl (C=O) groups is 1. The number of hydrogen-bond acceptors (Lipinski definition) is 7. The molecule has 0 radical (unpaired) electrons. The van der Waals surface area contributed by atoms with Crippen LogP contribution in [-0.2, 0) is 19.3 Å². The standard InChI is InChI=1S/C25H22ClN5OS2/c1-13(2)10-18-16-4-3-5-17(16)20-21-22(34-24(20)28-18)23-29-30-25(31(23)12-27-21)33-11-19(32)14-6-8-15(26)9-7-14/h6-9,12-13H,3-5,10-11H2,1-2H3. The third-order valence-corrected chi connectivity index (χ3v) is 8.50. The fourth-order valence-electron chi connectivity index (χ4n) is 4.72. The van der Waals surface area contributed by atoms with Gasteiger partial charge in [0.25, 0.3) is 0 Å². The maximum atomic E-state index is 12.6. The SMILES string of the molecule is CC(C)Cc1nc2sc3c(ncn4c(SCC(=O)c5ccc(Cl)cc5)nnc34)c2c2c1CCC2. The number of benzene rings is 1. The van der Waals surface area contributed by atoms with Gasteiger partial charge in [-0.1, -0.05) is 37.2 Å². The van der Waals surface area contributed by atoms with Gasteiger partial charge in [-0.3, -0.25) is 9.20 Å². The predicted octanol–water partition coefficient (Wildman–Crippen LogP) is 6.20. The van der Waals surface area contributed by atoms with E-state index >= 15 is 0 Å². The highest BCUT2D eigenvalue weighted by atomic mass is 35.5. The molecular weight excluding hydrogens is 486 g/mol. The first-order chi connectivity index (χ1) is 16.5. The number of aromatic nitrogens is 5. The zero-order valence-electron chi connectivity index (χ0n) is 18.8. The average Bonchev–Trinajstić information content (AvgIpc) is 3.53. The number of aryl methyl sites for hydroxylation is 1. The van der Waals surface area contributed by atoms with Crippen molar-refractivity contribution in [2.24, 2.45) is 5.92 Å². The molecule has 172 valence electrons. The lowest BCUT2D eigenvalue weighted by atomic mass is 9.99. The zero-order chi connectivity index (χ0) is 23.4. The number of fused-ring (bicyclic) bond motifs is 7. The van der Waals surface area contributed by atoms with Crippen molar-refractivity contribution in [1.82, 2.24) is 24.6 Å². The smallest absolute Gasteiger partial charge is 0.197 e. The van der Waals surface area contributed by atoms with E-state index in [0.717, 1.165) is 40.0 Å². The van der Waals surface area contributed by atoms with Gasteiger partial charge in [0, 0.05) is 21.7 Å². The molecule has 0 spiro atoms. The van der Waals surface area contributed by atoms with E-state index in [0.29, 0.717) is 21.7 Å². The Balaban J connectivity index is 1.38. The van der Waals surface area contributed by atoms with Gasteiger partial charge in [0.15, 0.2) is 16.6 Å². The fraction of sp³-hybridized carbons (Fsp3) is 0.320. The lowest BCUT2D eigenvalue weighted by molar-refractivity contribution is 0.102. The van der Waals surface area contributed by atoms with Gasteiger partial charge in [0.2, 0.25) is 0 Å². The molecule has 4 heterocycles. The first-order valence-corrected chi connectivity index (χ1v) is 13.6. The monoisotopic (exact) mass is 507 g/mol. The minimum atomic E-state index is 0.0201. The van der Waals surface area contributed by atoms with Crippen LogP contribution in [0.3, 0.4) is 0 Å². The Bertz CT molecular complexity index is 1570. The molecule has 0 saturated carbocycles. The summed E-state index contributed by atoms with van der Waals surface area (Å²) in [7, 11) is 0. The topological polar surface area (TPSA) is 73.0 Å². The molecule has 4 aromatic heterocycles.